The lowest BCUT2D eigenvalue weighted by molar-refractivity contribution is 0.154. The van der Waals surface area contributed by atoms with Crippen molar-refractivity contribution in [1.29, 1.82) is 0 Å². The van der Waals surface area contributed by atoms with E-state index in [0.717, 1.165) is 60.3 Å². The average molecular weight is 619 g/mol. The molecule has 0 bridgehead atoms. The topological polar surface area (TPSA) is 118 Å². The number of halogens is 1. The third kappa shape index (κ3) is 5.90. The zero-order valence-electron chi connectivity index (χ0n) is 25.5. The Labute approximate surface area is 265 Å². The predicted molar refractivity (Wildman–Crippen MR) is 174 cm³/mol. The fourth-order valence-electron chi connectivity index (χ4n) is 6.62. The van der Waals surface area contributed by atoms with Gasteiger partial charge in [-0.3, -0.25) is 15.0 Å². The van der Waals surface area contributed by atoms with Crippen LogP contribution in [0.25, 0.3) is 56.0 Å². The molecule has 0 amide bonds. The zero-order valence-corrected chi connectivity index (χ0v) is 25.5. The minimum Gasteiger partial charge on any atom is -0.492 e. The molecule has 0 unspecified atom stereocenters. The highest BCUT2D eigenvalue weighted by Gasteiger charge is 2.19. The Hall–Kier alpha value is -4.90. The molecule has 1 saturated carbocycles. The number of likely N-dealkylation sites (tertiary alicyclic amines) is 1. The third-order valence-electron chi connectivity index (χ3n) is 9.00. The van der Waals surface area contributed by atoms with Gasteiger partial charge in [0, 0.05) is 47.9 Å². The molecular weight excluding hydrogens is 583 g/mol. The van der Waals surface area contributed by atoms with Crippen molar-refractivity contribution >= 4 is 22.2 Å². The van der Waals surface area contributed by atoms with E-state index in [-0.39, 0.29) is 11.9 Å². The molecule has 5 aromatic heterocycles. The van der Waals surface area contributed by atoms with E-state index in [1.54, 1.807) is 18.6 Å². The molecule has 0 spiro atoms. The molecule has 1 saturated heterocycles. The van der Waals surface area contributed by atoms with Crippen molar-refractivity contribution in [2.45, 2.75) is 51.0 Å². The van der Waals surface area contributed by atoms with Gasteiger partial charge in [-0.25, -0.2) is 19.3 Å². The Balaban J connectivity index is 1.08. The third-order valence-corrected chi connectivity index (χ3v) is 9.00. The smallest absolute Gasteiger partial charge is 0.181 e. The van der Waals surface area contributed by atoms with E-state index < -0.39 is 0 Å². The first-order chi connectivity index (χ1) is 22.7. The number of benzene rings is 1. The Morgan fingerprint density at radius 2 is 1.70 bits per heavy atom. The maximum Gasteiger partial charge on any atom is 0.181 e. The summed E-state index contributed by atoms with van der Waals surface area (Å²) in [4.78, 5) is 24.1. The number of aromatic nitrogens is 7. The number of pyridine rings is 3. The number of rotatable bonds is 9. The molecule has 46 heavy (non-hydrogen) atoms. The minimum absolute atomic E-state index is 0.241. The molecule has 6 aromatic rings. The Morgan fingerprint density at radius 1 is 0.848 bits per heavy atom. The number of hydrogen-bond donors (Lipinski definition) is 2. The summed E-state index contributed by atoms with van der Waals surface area (Å²) in [6.07, 6.45) is 15.6. The molecule has 10 nitrogen and oxygen atoms in total. The summed E-state index contributed by atoms with van der Waals surface area (Å²) in [7, 11) is 0. The number of ether oxygens (including phenoxy) is 2. The van der Waals surface area contributed by atoms with Crippen LogP contribution in [0.5, 0.6) is 11.5 Å². The van der Waals surface area contributed by atoms with Crippen molar-refractivity contribution in [3.8, 4) is 45.3 Å². The number of aromatic amines is 2. The van der Waals surface area contributed by atoms with Crippen LogP contribution in [0.1, 0.15) is 44.9 Å². The van der Waals surface area contributed by atoms with Crippen LogP contribution in [0.4, 0.5) is 4.39 Å². The van der Waals surface area contributed by atoms with Crippen LogP contribution in [0.2, 0.25) is 0 Å². The van der Waals surface area contributed by atoms with Crippen LogP contribution >= 0.6 is 0 Å². The van der Waals surface area contributed by atoms with E-state index >= 15 is 0 Å². The maximum absolute atomic E-state index is 14.8. The lowest BCUT2D eigenvalue weighted by Gasteiger charge is -2.23. The van der Waals surface area contributed by atoms with Gasteiger partial charge in [0.25, 0.3) is 0 Å². The first-order valence-corrected chi connectivity index (χ1v) is 16.1. The van der Waals surface area contributed by atoms with Crippen molar-refractivity contribution < 1.29 is 13.9 Å². The molecule has 2 fully saturated rings. The summed E-state index contributed by atoms with van der Waals surface area (Å²) in [5, 5.41) is 8.33. The van der Waals surface area contributed by atoms with Gasteiger partial charge in [-0.15, -0.1) is 0 Å². The van der Waals surface area contributed by atoms with Gasteiger partial charge in [0.05, 0.1) is 23.2 Å². The standard InChI is InChI=1S/C35H35FN8O2/c36-25-14-22(15-27(18-25)45-13-12-44-10-4-5-11-44)29-8-9-38-34-31(29)40-35(41-34)32-30-17-24(20-39-33(30)43-42-32)23-16-28(21-37-19-23)46-26-6-2-1-3-7-26/h8-9,14-21,26H,1-7,10-13H2,(H,38,40,41)(H,39,42,43). The second-order valence-corrected chi connectivity index (χ2v) is 12.2. The lowest BCUT2D eigenvalue weighted by atomic mass is 9.98. The molecule has 1 aromatic carbocycles. The molecule has 0 radical (unpaired) electrons. The zero-order chi connectivity index (χ0) is 30.9. The van der Waals surface area contributed by atoms with Crippen LogP contribution in [-0.2, 0) is 0 Å². The van der Waals surface area contributed by atoms with Gasteiger partial charge in [0.2, 0.25) is 0 Å². The van der Waals surface area contributed by atoms with Gasteiger partial charge < -0.3 is 14.5 Å². The average Bonchev–Trinajstić information content (AvgIpc) is 3.85. The van der Waals surface area contributed by atoms with E-state index in [1.165, 1.54) is 44.2 Å². The summed E-state index contributed by atoms with van der Waals surface area (Å²) in [6.45, 7) is 3.54. The molecule has 2 N–H and O–H groups in total. The highest BCUT2D eigenvalue weighted by atomic mass is 19.1. The Morgan fingerprint density at radius 3 is 2.59 bits per heavy atom. The summed E-state index contributed by atoms with van der Waals surface area (Å²) < 4.78 is 27.0. The molecule has 8 rings (SSSR count). The number of hydrogen-bond acceptors (Lipinski definition) is 8. The molecule has 2 aliphatic rings. The molecule has 1 aliphatic carbocycles. The van der Waals surface area contributed by atoms with Gasteiger partial charge in [0.1, 0.15) is 29.6 Å². The Bertz CT molecular complexity index is 1990. The van der Waals surface area contributed by atoms with E-state index in [4.69, 9.17) is 14.5 Å². The van der Waals surface area contributed by atoms with E-state index in [9.17, 15) is 4.39 Å². The number of H-pyrrole nitrogens is 2. The van der Waals surface area contributed by atoms with Crippen LogP contribution in [0, 0.1) is 5.82 Å². The lowest BCUT2D eigenvalue weighted by Crippen LogP contribution is -2.25. The first-order valence-electron chi connectivity index (χ1n) is 16.1. The predicted octanol–water partition coefficient (Wildman–Crippen LogP) is 6.95. The molecule has 234 valence electrons. The van der Waals surface area contributed by atoms with Gasteiger partial charge in [-0.05, 0) is 87.5 Å². The summed E-state index contributed by atoms with van der Waals surface area (Å²) >= 11 is 0. The SMILES string of the molecule is Fc1cc(OCCN2CCCC2)cc(-c2ccnc3nc(-c4[nH]nc5ncc(-c6cncc(OC7CCCCC7)c6)cc45)[nH]c23)c1. The van der Waals surface area contributed by atoms with Crippen molar-refractivity contribution in [2.75, 3.05) is 26.2 Å². The van der Waals surface area contributed by atoms with Crippen molar-refractivity contribution in [3.63, 3.8) is 0 Å². The summed E-state index contributed by atoms with van der Waals surface area (Å²) in [6, 6.07) is 10.7. The van der Waals surface area contributed by atoms with E-state index in [2.05, 4.69) is 35.0 Å². The van der Waals surface area contributed by atoms with Crippen molar-refractivity contribution in [3.05, 3.63) is 67.0 Å². The first kappa shape index (κ1) is 28.6. The van der Waals surface area contributed by atoms with Gasteiger partial charge in [0.15, 0.2) is 17.1 Å². The maximum atomic E-state index is 14.8. The molecule has 0 atom stereocenters. The normalized spacial score (nSPS) is 16.0. The van der Waals surface area contributed by atoms with Gasteiger partial charge in [-0.1, -0.05) is 6.42 Å². The van der Waals surface area contributed by atoms with Crippen molar-refractivity contribution in [2.24, 2.45) is 0 Å². The monoisotopic (exact) mass is 618 g/mol. The molecule has 6 heterocycles. The second kappa shape index (κ2) is 12.5. The molecular formula is C35H35FN8O2. The largest absolute Gasteiger partial charge is 0.492 e. The number of nitrogens with zero attached hydrogens (tertiary/aromatic N) is 6. The van der Waals surface area contributed by atoms with Crippen LogP contribution < -0.4 is 9.47 Å². The van der Waals surface area contributed by atoms with Crippen LogP contribution in [-0.4, -0.2) is 72.4 Å². The van der Waals surface area contributed by atoms with Crippen LogP contribution in [0.15, 0.2) is 61.2 Å². The highest BCUT2D eigenvalue weighted by molar-refractivity contribution is 5.96. The van der Waals surface area contributed by atoms with Gasteiger partial charge in [-0.2, -0.15) is 5.10 Å². The fraction of sp³-hybridized carbons (Fsp3) is 0.343. The van der Waals surface area contributed by atoms with Crippen molar-refractivity contribution in [1.82, 2.24) is 40.0 Å². The highest BCUT2D eigenvalue weighted by Crippen LogP contribution is 2.34. The number of nitrogens with one attached hydrogen (secondary N) is 2. The minimum atomic E-state index is -0.362. The number of fused-ring (bicyclic) bond motifs is 2. The summed E-state index contributed by atoms with van der Waals surface area (Å²) in [5.74, 6) is 1.46. The number of imidazole rings is 1. The summed E-state index contributed by atoms with van der Waals surface area (Å²) in [5.41, 5.74) is 5.70. The van der Waals surface area contributed by atoms with E-state index in [0.29, 0.717) is 46.2 Å². The van der Waals surface area contributed by atoms with Crippen LogP contribution in [0.3, 0.4) is 0 Å². The molecule has 1 aliphatic heterocycles. The van der Waals surface area contributed by atoms with Gasteiger partial charge >= 0.3 is 0 Å². The molecule has 11 heteroatoms. The van der Waals surface area contributed by atoms with E-state index in [1.807, 2.05) is 30.5 Å². The fourth-order valence-corrected chi connectivity index (χ4v) is 6.62. The second-order valence-electron chi connectivity index (χ2n) is 12.2. The quantitative estimate of drug-likeness (QED) is 0.179. The Kier molecular flexibility index (Phi) is 7.75.